The van der Waals surface area contributed by atoms with Gasteiger partial charge in [-0.05, 0) is 63.6 Å². The molecule has 0 aliphatic carbocycles. The molecule has 0 aliphatic heterocycles. The monoisotopic (exact) mass is 391 g/mol. The number of carboxylic acids is 1. The van der Waals surface area contributed by atoms with E-state index in [9.17, 15) is 15.0 Å². The molecule has 3 aromatic rings. The zero-order chi connectivity index (χ0) is 16.4. The molecule has 1 aromatic heterocycles. The third-order valence-electron chi connectivity index (χ3n) is 2.95. The van der Waals surface area contributed by atoms with Crippen LogP contribution in [0.15, 0.2) is 61.5 Å². The highest BCUT2D eigenvalue weighted by molar-refractivity contribution is 9.10. The van der Waals surface area contributed by atoms with Gasteiger partial charge in [0.15, 0.2) is 5.58 Å². The number of phenols is 1. The van der Waals surface area contributed by atoms with Gasteiger partial charge in [-0.2, -0.15) is 0 Å². The number of carbonyl (C=O) groups is 1. The van der Waals surface area contributed by atoms with E-state index in [1.807, 2.05) is 12.1 Å². The Morgan fingerprint density at radius 1 is 1.26 bits per heavy atom. The first-order chi connectivity index (χ1) is 11.0. The zero-order valence-corrected chi connectivity index (χ0v) is 14.0. The Morgan fingerprint density at radius 2 is 2.04 bits per heavy atom. The first-order valence-electron chi connectivity index (χ1n) is 6.50. The number of rotatable bonds is 4. The molecule has 0 atom stereocenters. The number of halogens is 1. The van der Waals surface area contributed by atoms with Crippen molar-refractivity contribution < 1.29 is 19.4 Å². The number of phenolic OH excluding ortho intramolecular Hbond substituents is 1. The highest BCUT2D eigenvalue weighted by Crippen LogP contribution is 2.32. The normalized spacial score (nSPS) is 11.8. The molecular formula is C16H10BrNO4S. The number of nitrogens with zero attached hydrogens (tertiary/aromatic N) is 1. The number of hydrogen-bond acceptors (Lipinski definition) is 5. The van der Waals surface area contributed by atoms with Crippen LogP contribution in [0.2, 0.25) is 0 Å². The minimum absolute atomic E-state index is 0.0640. The van der Waals surface area contributed by atoms with Crippen molar-refractivity contribution in [3.05, 3.63) is 57.4 Å². The molecule has 0 spiro atoms. The van der Waals surface area contributed by atoms with Gasteiger partial charge in [-0.3, -0.25) is 0 Å². The third-order valence-corrected chi connectivity index (χ3v) is 4.45. The predicted molar refractivity (Wildman–Crippen MR) is 91.3 cm³/mol. The van der Waals surface area contributed by atoms with Crippen molar-refractivity contribution in [2.45, 2.75) is 5.22 Å². The van der Waals surface area contributed by atoms with Gasteiger partial charge in [0, 0.05) is 0 Å². The quantitative estimate of drug-likeness (QED) is 0.502. The molecule has 0 fully saturated rings. The number of carboxylic acid groups (broad SMARTS) is 1. The van der Waals surface area contributed by atoms with Crippen LogP contribution in [0.25, 0.3) is 17.2 Å². The van der Waals surface area contributed by atoms with Crippen molar-refractivity contribution in [1.29, 1.82) is 0 Å². The Kier molecular flexibility index (Phi) is 4.40. The van der Waals surface area contributed by atoms with Gasteiger partial charge in [-0.25, -0.2) is 9.78 Å². The maximum absolute atomic E-state index is 11.5. The van der Waals surface area contributed by atoms with Gasteiger partial charge in [0.25, 0.3) is 5.22 Å². The average Bonchev–Trinajstić information content (AvgIpc) is 2.92. The van der Waals surface area contributed by atoms with Crippen LogP contribution in [-0.2, 0) is 4.79 Å². The van der Waals surface area contributed by atoms with Crippen molar-refractivity contribution in [2.24, 2.45) is 0 Å². The topological polar surface area (TPSA) is 83.6 Å². The summed E-state index contributed by atoms with van der Waals surface area (Å²) < 4.78 is 6.02. The Hall–Kier alpha value is -2.25. The molecule has 0 amide bonds. The first kappa shape index (κ1) is 15.6. The highest BCUT2D eigenvalue weighted by atomic mass is 79.9. The Balaban J connectivity index is 1.93. The fourth-order valence-corrected chi connectivity index (χ4v) is 3.03. The highest BCUT2D eigenvalue weighted by Gasteiger charge is 2.15. The summed E-state index contributed by atoms with van der Waals surface area (Å²) in [6.07, 6.45) is 1.49. The molecule has 7 heteroatoms. The molecule has 0 bridgehead atoms. The maximum atomic E-state index is 11.5. The molecule has 2 N–H and O–H groups in total. The lowest BCUT2D eigenvalue weighted by atomic mass is 10.2. The summed E-state index contributed by atoms with van der Waals surface area (Å²) >= 11 is 4.13. The number of thioether (sulfide) groups is 1. The van der Waals surface area contributed by atoms with Gasteiger partial charge in [0.2, 0.25) is 0 Å². The molecule has 116 valence electrons. The largest absolute Gasteiger partial charge is 0.507 e. The summed E-state index contributed by atoms with van der Waals surface area (Å²) in [6, 6.07) is 12.0. The smallest absolute Gasteiger partial charge is 0.342 e. The van der Waals surface area contributed by atoms with E-state index in [1.165, 1.54) is 12.1 Å². The van der Waals surface area contributed by atoms with Crippen molar-refractivity contribution in [1.82, 2.24) is 4.98 Å². The van der Waals surface area contributed by atoms with Crippen molar-refractivity contribution in [3.8, 4) is 5.75 Å². The number of hydrogen-bond donors (Lipinski definition) is 2. The van der Waals surface area contributed by atoms with Crippen LogP contribution in [0.3, 0.4) is 0 Å². The van der Waals surface area contributed by atoms with E-state index >= 15 is 0 Å². The Morgan fingerprint density at radius 3 is 2.74 bits per heavy atom. The minimum Gasteiger partial charge on any atom is -0.507 e. The molecule has 0 aliphatic rings. The molecular weight excluding hydrogens is 382 g/mol. The molecule has 0 unspecified atom stereocenters. The maximum Gasteiger partial charge on any atom is 0.342 e. The van der Waals surface area contributed by atoms with Crippen LogP contribution in [0, 0.1) is 0 Å². The van der Waals surface area contributed by atoms with Gasteiger partial charge in [0.1, 0.15) is 16.2 Å². The van der Waals surface area contributed by atoms with Crippen LogP contribution >= 0.6 is 27.7 Å². The van der Waals surface area contributed by atoms with E-state index < -0.39 is 5.97 Å². The Bertz CT molecular complexity index is 886. The van der Waals surface area contributed by atoms with Crippen LogP contribution in [0.4, 0.5) is 0 Å². The molecule has 23 heavy (non-hydrogen) atoms. The molecule has 0 saturated carbocycles. The lowest BCUT2D eigenvalue weighted by molar-refractivity contribution is -0.131. The summed E-state index contributed by atoms with van der Waals surface area (Å²) in [6.45, 7) is 0. The summed E-state index contributed by atoms with van der Waals surface area (Å²) in [5, 5.41) is 19.1. The van der Waals surface area contributed by atoms with Crippen LogP contribution in [0.5, 0.6) is 5.75 Å². The number of aromatic hydroxyl groups is 1. The number of aromatic nitrogens is 1. The van der Waals surface area contributed by atoms with E-state index in [2.05, 4.69) is 20.9 Å². The number of fused-ring (bicyclic) bond motifs is 1. The molecule has 3 rings (SSSR count). The van der Waals surface area contributed by atoms with Crippen molar-refractivity contribution in [3.63, 3.8) is 0 Å². The minimum atomic E-state index is -1.08. The lowest BCUT2D eigenvalue weighted by Gasteiger charge is -2.01. The molecule has 5 nitrogen and oxygen atoms in total. The molecule has 0 radical (unpaired) electrons. The zero-order valence-electron chi connectivity index (χ0n) is 11.6. The van der Waals surface area contributed by atoms with Gasteiger partial charge >= 0.3 is 5.97 Å². The summed E-state index contributed by atoms with van der Waals surface area (Å²) in [7, 11) is 0. The molecule has 2 aromatic carbocycles. The van der Waals surface area contributed by atoms with Gasteiger partial charge in [-0.15, -0.1) is 0 Å². The second kappa shape index (κ2) is 6.47. The number of benzene rings is 2. The van der Waals surface area contributed by atoms with E-state index in [0.29, 0.717) is 21.1 Å². The number of para-hydroxylation sites is 2. The van der Waals surface area contributed by atoms with Crippen LogP contribution < -0.4 is 0 Å². The first-order valence-corrected chi connectivity index (χ1v) is 8.11. The summed E-state index contributed by atoms with van der Waals surface area (Å²) in [5.41, 5.74) is 1.91. The standard InChI is InChI=1S/C16H10BrNO4S/c17-10-7-9(5-6-12(10)19)8-14(15(20)21)23-16-18-11-3-1-2-4-13(11)22-16/h1-8,19H,(H,20,21)/b14-8+. The van der Waals surface area contributed by atoms with E-state index in [-0.39, 0.29) is 15.9 Å². The van der Waals surface area contributed by atoms with Gasteiger partial charge in [-0.1, -0.05) is 18.2 Å². The summed E-state index contributed by atoms with van der Waals surface area (Å²) in [5.74, 6) is -0.993. The van der Waals surface area contributed by atoms with Gasteiger partial charge < -0.3 is 14.6 Å². The lowest BCUT2D eigenvalue weighted by Crippen LogP contribution is -1.96. The average molecular weight is 392 g/mol. The number of aliphatic carboxylic acids is 1. The second-order valence-corrected chi connectivity index (χ2v) is 6.42. The fourth-order valence-electron chi connectivity index (χ4n) is 1.89. The second-order valence-electron chi connectivity index (χ2n) is 4.57. The van der Waals surface area contributed by atoms with Crippen LogP contribution in [-0.4, -0.2) is 21.2 Å². The van der Waals surface area contributed by atoms with E-state index in [4.69, 9.17) is 4.42 Å². The summed E-state index contributed by atoms with van der Waals surface area (Å²) in [4.78, 5) is 15.8. The predicted octanol–water partition coefficient (Wildman–Crippen LogP) is 4.51. The van der Waals surface area contributed by atoms with Crippen LogP contribution in [0.1, 0.15) is 5.56 Å². The van der Waals surface area contributed by atoms with Gasteiger partial charge in [0.05, 0.1) is 4.47 Å². The SMILES string of the molecule is O=C(O)/C(=C\c1ccc(O)c(Br)c1)Sc1nc2ccccc2o1. The number of oxazole rings is 1. The molecule has 1 heterocycles. The van der Waals surface area contributed by atoms with E-state index in [1.54, 1.807) is 24.3 Å². The van der Waals surface area contributed by atoms with Crippen molar-refractivity contribution >= 4 is 50.8 Å². The van der Waals surface area contributed by atoms with Crippen molar-refractivity contribution in [2.75, 3.05) is 0 Å². The third kappa shape index (κ3) is 3.57. The van der Waals surface area contributed by atoms with E-state index in [0.717, 1.165) is 11.8 Å². The fraction of sp³-hybridized carbons (Fsp3) is 0. The molecule has 0 saturated heterocycles. The Labute approximate surface area is 143 Å².